The summed E-state index contributed by atoms with van der Waals surface area (Å²) in [7, 11) is 0. The summed E-state index contributed by atoms with van der Waals surface area (Å²) in [6, 6.07) is 0. The van der Waals surface area contributed by atoms with Crippen molar-refractivity contribution >= 4 is 17.7 Å². The Morgan fingerprint density at radius 1 is 1.15 bits per heavy atom. The molecule has 0 amide bonds. The van der Waals surface area contributed by atoms with Crippen molar-refractivity contribution in [1.29, 1.82) is 0 Å². The van der Waals surface area contributed by atoms with Gasteiger partial charge in [0.05, 0.1) is 6.61 Å². The van der Waals surface area contributed by atoms with Gasteiger partial charge in [-0.15, -0.1) is 11.8 Å². The summed E-state index contributed by atoms with van der Waals surface area (Å²) in [5.41, 5.74) is 0. The van der Waals surface area contributed by atoms with E-state index in [-0.39, 0.29) is 17.6 Å². The van der Waals surface area contributed by atoms with Gasteiger partial charge in [-0.1, -0.05) is 26.7 Å². The highest BCUT2D eigenvalue weighted by Gasteiger charge is 2.26. The van der Waals surface area contributed by atoms with E-state index in [1.165, 1.54) is 11.8 Å². The van der Waals surface area contributed by atoms with Crippen molar-refractivity contribution in [3.8, 4) is 0 Å². The Morgan fingerprint density at radius 3 is 2.40 bits per heavy atom. The van der Waals surface area contributed by atoms with Crippen LogP contribution in [0.2, 0.25) is 0 Å². The number of unbranched alkanes of at least 4 members (excludes halogenated alkanes) is 2. The van der Waals surface area contributed by atoms with Gasteiger partial charge in [0.1, 0.15) is 5.25 Å². The predicted molar refractivity (Wildman–Crippen MR) is 76.9 cm³/mol. The lowest BCUT2D eigenvalue weighted by Gasteiger charge is -2.15. The van der Waals surface area contributed by atoms with Crippen LogP contribution in [0.25, 0.3) is 0 Å². The largest absolute Gasteiger partial charge is 0.465 e. The van der Waals surface area contributed by atoms with Crippen molar-refractivity contribution in [2.75, 3.05) is 12.4 Å². The number of rotatable bonds is 11. The first kappa shape index (κ1) is 19.6. The van der Waals surface area contributed by atoms with Crippen molar-refractivity contribution in [2.24, 2.45) is 0 Å². The fourth-order valence-electron chi connectivity index (χ4n) is 1.59. The molecular formula is C14H25F3O2S. The zero-order chi connectivity index (χ0) is 15.4. The van der Waals surface area contributed by atoms with E-state index < -0.39 is 12.6 Å². The summed E-state index contributed by atoms with van der Waals surface area (Å²) in [5, 5.41) is -0.234. The summed E-state index contributed by atoms with van der Waals surface area (Å²) >= 11 is 1.42. The number of esters is 1. The molecule has 0 aromatic carbocycles. The molecule has 0 bridgehead atoms. The van der Waals surface area contributed by atoms with Crippen LogP contribution in [-0.4, -0.2) is 29.8 Å². The van der Waals surface area contributed by atoms with E-state index in [2.05, 4.69) is 0 Å². The molecule has 0 saturated heterocycles. The van der Waals surface area contributed by atoms with Crippen molar-refractivity contribution in [3.05, 3.63) is 0 Å². The average Bonchev–Trinajstić information content (AvgIpc) is 2.36. The Labute approximate surface area is 123 Å². The molecular weight excluding hydrogens is 289 g/mol. The van der Waals surface area contributed by atoms with Crippen molar-refractivity contribution in [3.63, 3.8) is 0 Å². The second-order valence-corrected chi connectivity index (χ2v) is 6.05. The van der Waals surface area contributed by atoms with Gasteiger partial charge in [0.15, 0.2) is 0 Å². The number of alkyl halides is 3. The molecule has 0 heterocycles. The van der Waals surface area contributed by atoms with E-state index in [0.717, 1.165) is 25.7 Å². The predicted octanol–water partition coefficient (Wildman–Crippen LogP) is 4.96. The first-order chi connectivity index (χ1) is 9.40. The molecule has 1 atom stereocenters. The lowest BCUT2D eigenvalue weighted by atomic mass is 10.2. The monoisotopic (exact) mass is 314 g/mol. The number of carbonyl (C=O) groups is 1. The molecule has 0 fully saturated rings. The molecule has 0 aromatic rings. The van der Waals surface area contributed by atoms with Crippen LogP contribution in [0.15, 0.2) is 0 Å². The summed E-state index contributed by atoms with van der Waals surface area (Å²) < 4.78 is 41.1. The minimum Gasteiger partial charge on any atom is -0.465 e. The molecule has 0 aromatic heterocycles. The molecule has 0 aliphatic carbocycles. The number of hydrogen-bond acceptors (Lipinski definition) is 3. The van der Waals surface area contributed by atoms with Gasteiger partial charge in [-0.3, -0.25) is 4.79 Å². The van der Waals surface area contributed by atoms with Crippen LogP contribution in [0, 0.1) is 0 Å². The van der Waals surface area contributed by atoms with Gasteiger partial charge in [-0.25, -0.2) is 0 Å². The maximum Gasteiger partial charge on any atom is 0.389 e. The Balaban J connectivity index is 3.86. The van der Waals surface area contributed by atoms with E-state index in [1.807, 2.05) is 13.8 Å². The van der Waals surface area contributed by atoms with Crippen molar-refractivity contribution in [2.45, 2.75) is 70.2 Å². The topological polar surface area (TPSA) is 26.3 Å². The van der Waals surface area contributed by atoms with Gasteiger partial charge < -0.3 is 4.74 Å². The lowest BCUT2D eigenvalue weighted by molar-refractivity contribution is -0.143. The third-order valence-corrected chi connectivity index (χ3v) is 4.08. The Bertz CT molecular complexity index is 257. The minimum absolute atomic E-state index is 0.125. The number of thioether (sulfide) groups is 1. The molecule has 0 rings (SSSR count). The van der Waals surface area contributed by atoms with Gasteiger partial charge in [0.2, 0.25) is 0 Å². The second kappa shape index (κ2) is 11.3. The number of halogens is 3. The van der Waals surface area contributed by atoms with Crippen LogP contribution in [0.4, 0.5) is 13.2 Å². The van der Waals surface area contributed by atoms with E-state index in [9.17, 15) is 18.0 Å². The normalized spacial score (nSPS) is 13.2. The zero-order valence-corrected chi connectivity index (χ0v) is 13.1. The number of ether oxygens (including phenoxy) is 1. The fraction of sp³-hybridized carbons (Fsp3) is 0.929. The standard InChI is InChI=1S/C14H25F3O2S/c1-3-5-10-19-13(18)12(8-4-2)20-11-7-6-9-14(15,16)17/h12H,3-11H2,1-2H3. The Kier molecular flexibility index (Phi) is 11.1. The van der Waals surface area contributed by atoms with Crippen LogP contribution >= 0.6 is 11.8 Å². The third kappa shape index (κ3) is 11.4. The summed E-state index contributed by atoms with van der Waals surface area (Å²) in [5.74, 6) is 0.352. The lowest BCUT2D eigenvalue weighted by Crippen LogP contribution is -2.21. The SMILES string of the molecule is CCCCOC(=O)C(CCC)SCCCCC(F)(F)F. The second-order valence-electron chi connectivity index (χ2n) is 4.74. The van der Waals surface area contributed by atoms with Crippen LogP contribution in [-0.2, 0) is 9.53 Å². The van der Waals surface area contributed by atoms with E-state index >= 15 is 0 Å². The maximum atomic E-state index is 12.0. The average molecular weight is 314 g/mol. The molecule has 0 N–H and O–H groups in total. The molecule has 120 valence electrons. The number of carbonyl (C=O) groups excluding carboxylic acids is 1. The number of hydrogen-bond donors (Lipinski definition) is 0. The van der Waals surface area contributed by atoms with Gasteiger partial charge in [0, 0.05) is 6.42 Å². The van der Waals surface area contributed by atoms with E-state index in [4.69, 9.17) is 4.74 Å². The zero-order valence-electron chi connectivity index (χ0n) is 12.3. The molecule has 20 heavy (non-hydrogen) atoms. The van der Waals surface area contributed by atoms with Crippen molar-refractivity contribution < 1.29 is 22.7 Å². The highest BCUT2D eigenvalue weighted by molar-refractivity contribution is 8.00. The van der Waals surface area contributed by atoms with Gasteiger partial charge in [0.25, 0.3) is 0 Å². The first-order valence-corrected chi connectivity index (χ1v) is 8.30. The molecule has 0 spiro atoms. The molecule has 1 unspecified atom stereocenters. The summed E-state index contributed by atoms with van der Waals surface area (Å²) in [6.07, 6.45) is -0.818. The smallest absolute Gasteiger partial charge is 0.389 e. The van der Waals surface area contributed by atoms with Crippen molar-refractivity contribution in [1.82, 2.24) is 0 Å². The van der Waals surface area contributed by atoms with Crippen LogP contribution < -0.4 is 0 Å². The molecule has 2 nitrogen and oxygen atoms in total. The molecule has 0 aliphatic rings. The quantitative estimate of drug-likeness (QED) is 0.398. The highest BCUT2D eigenvalue weighted by atomic mass is 32.2. The molecule has 6 heteroatoms. The molecule has 0 saturated carbocycles. The summed E-state index contributed by atoms with van der Waals surface area (Å²) in [6.45, 7) is 4.44. The molecule has 0 aliphatic heterocycles. The first-order valence-electron chi connectivity index (χ1n) is 7.25. The van der Waals surface area contributed by atoms with E-state index in [0.29, 0.717) is 18.8 Å². The highest BCUT2D eigenvalue weighted by Crippen LogP contribution is 2.24. The van der Waals surface area contributed by atoms with Gasteiger partial charge >= 0.3 is 12.1 Å². The Hall–Kier alpha value is -0.390. The van der Waals surface area contributed by atoms with Crippen LogP contribution in [0.1, 0.15) is 58.8 Å². The Morgan fingerprint density at radius 2 is 1.85 bits per heavy atom. The minimum atomic E-state index is -4.08. The third-order valence-electron chi connectivity index (χ3n) is 2.73. The van der Waals surface area contributed by atoms with Gasteiger partial charge in [-0.2, -0.15) is 13.2 Å². The van der Waals surface area contributed by atoms with Gasteiger partial charge in [-0.05, 0) is 31.4 Å². The molecule has 0 radical (unpaired) electrons. The summed E-state index contributed by atoms with van der Waals surface area (Å²) in [4.78, 5) is 11.8. The van der Waals surface area contributed by atoms with Crippen LogP contribution in [0.5, 0.6) is 0 Å². The maximum absolute atomic E-state index is 12.0. The van der Waals surface area contributed by atoms with E-state index in [1.54, 1.807) is 0 Å². The van der Waals surface area contributed by atoms with Crippen LogP contribution in [0.3, 0.4) is 0 Å². The fourth-order valence-corrected chi connectivity index (χ4v) is 2.86.